The van der Waals surface area contributed by atoms with E-state index in [4.69, 9.17) is 4.74 Å². The molecule has 5 nitrogen and oxygen atoms in total. The highest BCUT2D eigenvalue weighted by molar-refractivity contribution is 5.97. The molecule has 24 heavy (non-hydrogen) atoms. The van der Waals surface area contributed by atoms with E-state index in [0.29, 0.717) is 11.3 Å². The molecule has 5 heteroatoms. The Kier molecular flexibility index (Phi) is 4.33. The quantitative estimate of drug-likeness (QED) is 0.706. The fraction of sp³-hybridized carbons (Fsp3) is 0.158. The Morgan fingerprint density at radius 1 is 1.12 bits per heavy atom. The number of aromatic nitrogens is 1. The number of carbonyl (C=O) groups is 2. The first-order chi connectivity index (χ1) is 11.6. The second-order valence-corrected chi connectivity index (χ2v) is 5.58. The SMILES string of the molecule is COc1ccc2[nH]cc(CC(=O)Nc3ccc(C(C)=O)cc3)c2c1. The van der Waals surface area contributed by atoms with Crippen LogP contribution in [0.5, 0.6) is 5.75 Å². The van der Waals surface area contributed by atoms with Crippen molar-refractivity contribution in [3.63, 3.8) is 0 Å². The van der Waals surface area contributed by atoms with Crippen LogP contribution in [0.15, 0.2) is 48.7 Å². The van der Waals surface area contributed by atoms with E-state index in [0.717, 1.165) is 22.2 Å². The molecule has 0 spiro atoms. The molecule has 1 amide bonds. The number of rotatable bonds is 5. The minimum Gasteiger partial charge on any atom is -0.497 e. The lowest BCUT2D eigenvalue weighted by molar-refractivity contribution is -0.115. The molecule has 2 aromatic carbocycles. The zero-order chi connectivity index (χ0) is 17.1. The lowest BCUT2D eigenvalue weighted by Gasteiger charge is -2.06. The van der Waals surface area contributed by atoms with Crippen molar-refractivity contribution in [3.05, 3.63) is 59.8 Å². The van der Waals surface area contributed by atoms with E-state index in [1.54, 1.807) is 31.4 Å². The Labute approximate surface area is 139 Å². The van der Waals surface area contributed by atoms with Crippen molar-refractivity contribution in [2.24, 2.45) is 0 Å². The molecule has 0 saturated carbocycles. The average Bonchev–Trinajstić information content (AvgIpc) is 2.97. The number of H-pyrrole nitrogens is 1. The van der Waals surface area contributed by atoms with Gasteiger partial charge in [-0.2, -0.15) is 0 Å². The second-order valence-electron chi connectivity index (χ2n) is 5.58. The highest BCUT2D eigenvalue weighted by atomic mass is 16.5. The van der Waals surface area contributed by atoms with E-state index >= 15 is 0 Å². The predicted octanol–water partition coefficient (Wildman–Crippen LogP) is 3.56. The maximum Gasteiger partial charge on any atom is 0.228 e. The van der Waals surface area contributed by atoms with Gasteiger partial charge in [0.05, 0.1) is 13.5 Å². The van der Waals surface area contributed by atoms with Crippen LogP contribution < -0.4 is 10.1 Å². The van der Waals surface area contributed by atoms with E-state index < -0.39 is 0 Å². The highest BCUT2D eigenvalue weighted by Crippen LogP contribution is 2.24. The Balaban J connectivity index is 1.74. The number of benzene rings is 2. The van der Waals surface area contributed by atoms with E-state index in [1.807, 2.05) is 24.4 Å². The van der Waals surface area contributed by atoms with Gasteiger partial charge in [0.25, 0.3) is 0 Å². The summed E-state index contributed by atoms with van der Waals surface area (Å²) in [6, 6.07) is 12.6. The van der Waals surface area contributed by atoms with Crippen molar-refractivity contribution in [3.8, 4) is 5.75 Å². The fourth-order valence-corrected chi connectivity index (χ4v) is 2.60. The minimum atomic E-state index is -0.116. The van der Waals surface area contributed by atoms with Gasteiger partial charge in [-0.15, -0.1) is 0 Å². The number of hydrogen-bond acceptors (Lipinski definition) is 3. The number of ether oxygens (including phenoxy) is 1. The van der Waals surface area contributed by atoms with Crippen molar-refractivity contribution < 1.29 is 14.3 Å². The molecule has 0 aliphatic carbocycles. The third-order valence-electron chi connectivity index (χ3n) is 3.90. The number of ketones is 1. The smallest absolute Gasteiger partial charge is 0.228 e. The van der Waals surface area contributed by atoms with Crippen LogP contribution in [0.25, 0.3) is 10.9 Å². The normalized spacial score (nSPS) is 10.6. The molecule has 0 atom stereocenters. The summed E-state index contributed by atoms with van der Waals surface area (Å²) in [5, 5.41) is 3.81. The molecule has 0 aliphatic rings. The maximum absolute atomic E-state index is 12.3. The predicted molar refractivity (Wildman–Crippen MR) is 93.6 cm³/mol. The summed E-state index contributed by atoms with van der Waals surface area (Å²) in [5.41, 5.74) is 3.16. The lowest BCUT2D eigenvalue weighted by atomic mass is 10.1. The number of aromatic amines is 1. The van der Waals surface area contributed by atoms with Crippen LogP contribution in [0.4, 0.5) is 5.69 Å². The molecular formula is C19H18N2O3. The first-order valence-corrected chi connectivity index (χ1v) is 7.61. The van der Waals surface area contributed by atoms with Gasteiger partial charge in [0.2, 0.25) is 5.91 Å². The van der Waals surface area contributed by atoms with Crippen LogP contribution in [0.3, 0.4) is 0 Å². The van der Waals surface area contributed by atoms with Gasteiger partial charge in [0.15, 0.2) is 5.78 Å². The summed E-state index contributed by atoms with van der Waals surface area (Å²) >= 11 is 0. The number of Topliss-reactive ketones (excluding diaryl/α,β-unsaturated/α-hetero) is 1. The van der Waals surface area contributed by atoms with E-state index in [1.165, 1.54) is 6.92 Å². The molecule has 0 unspecified atom stereocenters. The number of hydrogen-bond donors (Lipinski definition) is 2. The Morgan fingerprint density at radius 2 is 1.88 bits per heavy atom. The van der Waals surface area contributed by atoms with E-state index in [-0.39, 0.29) is 18.1 Å². The molecule has 0 aliphatic heterocycles. The number of carbonyl (C=O) groups excluding carboxylic acids is 2. The lowest BCUT2D eigenvalue weighted by Crippen LogP contribution is -2.14. The van der Waals surface area contributed by atoms with Gasteiger partial charge < -0.3 is 15.0 Å². The van der Waals surface area contributed by atoms with Crippen LogP contribution in [0.1, 0.15) is 22.8 Å². The molecule has 1 aromatic heterocycles. The van der Waals surface area contributed by atoms with E-state index in [9.17, 15) is 9.59 Å². The highest BCUT2D eigenvalue weighted by Gasteiger charge is 2.10. The molecule has 0 bridgehead atoms. The van der Waals surface area contributed by atoms with Crippen molar-refractivity contribution >= 4 is 28.3 Å². The summed E-state index contributed by atoms with van der Waals surface area (Å²) < 4.78 is 5.24. The van der Waals surface area contributed by atoms with Gasteiger partial charge in [0.1, 0.15) is 5.75 Å². The molecule has 0 radical (unpaired) electrons. The third-order valence-corrected chi connectivity index (χ3v) is 3.90. The summed E-state index contributed by atoms with van der Waals surface area (Å²) in [6.45, 7) is 1.51. The van der Waals surface area contributed by atoms with Gasteiger partial charge in [-0.1, -0.05) is 0 Å². The number of nitrogens with one attached hydrogen (secondary N) is 2. The van der Waals surface area contributed by atoms with E-state index in [2.05, 4.69) is 10.3 Å². The van der Waals surface area contributed by atoms with Crippen LogP contribution in [-0.4, -0.2) is 23.8 Å². The maximum atomic E-state index is 12.3. The molecule has 0 fully saturated rings. The minimum absolute atomic E-state index is 0.000571. The zero-order valence-electron chi connectivity index (χ0n) is 13.6. The topological polar surface area (TPSA) is 71.2 Å². The van der Waals surface area contributed by atoms with Gasteiger partial charge in [-0.25, -0.2) is 0 Å². The summed E-state index contributed by atoms with van der Waals surface area (Å²) in [5.74, 6) is 0.637. The zero-order valence-corrected chi connectivity index (χ0v) is 13.6. The number of fused-ring (bicyclic) bond motifs is 1. The molecule has 2 N–H and O–H groups in total. The molecule has 3 aromatic rings. The first-order valence-electron chi connectivity index (χ1n) is 7.61. The second kappa shape index (κ2) is 6.58. The van der Waals surface area contributed by atoms with Crippen molar-refractivity contribution in [2.45, 2.75) is 13.3 Å². The molecule has 1 heterocycles. The fourth-order valence-electron chi connectivity index (χ4n) is 2.60. The molecular weight excluding hydrogens is 304 g/mol. The molecule has 3 rings (SSSR count). The Hall–Kier alpha value is -3.08. The Bertz CT molecular complexity index is 895. The van der Waals surface area contributed by atoms with Crippen LogP contribution in [-0.2, 0) is 11.2 Å². The van der Waals surface area contributed by atoms with Crippen LogP contribution >= 0.6 is 0 Å². The van der Waals surface area contributed by atoms with Gasteiger partial charge in [-0.3, -0.25) is 9.59 Å². The number of methoxy groups -OCH3 is 1. The summed E-state index contributed by atoms with van der Waals surface area (Å²) in [6.07, 6.45) is 2.09. The molecule has 0 saturated heterocycles. The van der Waals surface area contributed by atoms with Crippen molar-refractivity contribution in [2.75, 3.05) is 12.4 Å². The monoisotopic (exact) mass is 322 g/mol. The number of anilines is 1. The standard InChI is InChI=1S/C19H18N2O3/c1-12(22)13-3-5-15(6-4-13)21-19(23)9-14-11-20-18-8-7-16(24-2)10-17(14)18/h3-8,10-11,20H,9H2,1-2H3,(H,21,23). The van der Waals surface area contributed by atoms with Crippen LogP contribution in [0.2, 0.25) is 0 Å². The number of amides is 1. The summed E-state index contributed by atoms with van der Waals surface area (Å²) in [4.78, 5) is 26.7. The van der Waals surface area contributed by atoms with Crippen molar-refractivity contribution in [1.29, 1.82) is 0 Å². The first kappa shape index (κ1) is 15.8. The largest absolute Gasteiger partial charge is 0.497 e. The van der Waals surface area contributed by atoms with Gasteiger partial charge in [0, 0.05) is 28.4 Å². The average molecular weight is 322 g/mol. The Morgan fingerprint density at radius 3 is 2.54 bits per heavy atom. The molecule has 122 valence electrons. The third kappa shape index (κ3) is 3.30. The van der Waals surface area contributed by atoms with Crippen LogP contribution in [0, 0.1) is 0 Å². The van der Waals surface area contributed by atoms with Gasteiger partial charge >= 0.3 is 0 Å². The summed E-state index contributed by atoms with van der Waals surface area (Å²) in [7, 11) is 1.62. The van der Waals surface area contributed by atoms with Gasteiger partial charge in [-0.05, 0) is 55.0 Å². The van der Waals surface area contributed by atoms with Crippen molar-refractivity contribution in [1.82, 2.24) is 4.98 Å².